The van der Waals surface area contributed by atoms with Crippen molar-refractivity contribution < 1.29 is 9.59 Å². The summed E-state index contributed by atoms with van der Waals surface area (Å²) in [6.45, 7) is 3.59. The number of hydrogen-bond acceptors (Lipinski definition) is 4. The summed E-state index contributed by atoms with van der Waals surface area (Å²) in [5, 5.41) is 5.86. The SMILES string of the molecule is CCN(CC(=O)NC)C(=O)CC1CSCCN1. The molecule has 1 rings (SSSR count). The molecular weight excluding hydrogens is 238 g/mol. The number of nitrogens with one attached hydrogen (secondary N) is 2. The molecular formula is C11H21N3O2S. The predicted octanol–water partition coefficient (Wildman–Crippen LogP) is -0.324. The second-order valence-electron chi connectivity index (χ2n) is 4.01. The molecule has 0 aromatic rings. The highest BCUT2D eigenvalue weighted by molar-refractivity contribution is 7.99. The summed E-state index contributed by atoms with van der Waals surface area (Å²) in [5.41, 5.74) is 0. The quantitative estimate of drug-likeness (QED) is 0.710. The van der Waals surface area contributed by atoms with E-state index in [1.807, 2.05) is 18.7 Å². The number of nitrogens with zero attached hydrogens (tertiary/aromatic N) is 1. The van der Waals surface area contributed by atoms with Crippen LogP contribution in [-0.2, 0) is 9.59 Å². The fourth-order valence-corrected chi connectivity index (χ4v) is 2.67. The van der Waals surface area contributed by atoms with Crippen LogP contribution in [0.1, 0.15) is 13.3 Å². The predicted molar refractivity (Wildman–Crippen MR) is 70.1 cm³/mol. The van der Waals surface area contributed by atoms with E-state index in [4.69, 9.17) is 0 Å². The number of carbonyl (C=O) groups is 2. The van der Waals surface area contributed by atoms with Crippen LogP contribution in [0, 0.1) is 0 Å². The van der Waals surface area contributed by atoms with E-state index >= 15 is 0 Å². The topological polar surface area (TPSA) is 61.4 Å². The van der Waals surface area contributed by atoms with Gasteiger partial charge in [-0.25, -0.2) is 0 Å². The van der Waals surface area contributed by atoms with Gasteiger partial charge in [0, 0.05) is 44.1 Å². The third kappa shape index (κ3) is 4.95. The van der Waals surface area contributed by atoms with Gasteiger partial charge in [0.15, 0.2) is 0 Å². The first-order valence-electron chi connectivity index (χ1n) is 5.96. The van der Waals surface area contributed by atoms with Crippen LogP contribution in [-0.4, -0.2) is 60.9 Å². The molecule has 2 amide bonds. The number of hydrogen-bond donors (Lipinski definition) is 2. The molecule has 1 atom stereocenters. The lowest BCUT2D eigenvalue weighted by Crippen LogP contribution is -2.45. The minimum atomic E-state index is -0.119. The Kier molecular flexibility index (Phi) is 6.36. The standard InChI is InChI=1S/C11H21N3O2S/c1-3-14(7-10(15)12-2)11(16)6-9-8-17-5-4-13-9/h9,13H,3-8H2,1-2H3,(H,12,15). The third-order valence-electron chi connectivity index (χ3n) is 2.77. The van der Waals surface area contributed by atoms with Crippen molar-refractivity contribution in [2.45, 2.75) is 19.4 Å². The second-order valence-corrected chi connectivity index (χ2v) is 5.16. The average molecular weight is 259 g/mol. The highest BCUT2D eigenvalue weighted by atomic mass is 32.2. The summed E-state index contributed by atoms with van der Waals surface area (Å²) in [6, 6.07) is 0.250. The normalized spacial score (nSPS) is 19.8. The first-order valence-corrected chi connectivity index (χ1v) is 7.12. The van der Waals surface area contributed by atoms with Gasteiger partial charge in [-0.3, -0.25) is 9.59 Å². The summed E-state index contributed by atoms with van der Waals surface area (Å²) in [6.07, 6.45) is 0.484. The van der Waals surface area contributed by atoms with E-state index in [1.165, 1.54) is 0 Å². The van der Waals surface area contributed by atoms with Gasteiger partial charge < -0.3 is 15.5 Å². The fraction of sp³-hybridized carbons (Fsp3) is 0.818. The zero-order chi connectivity index (χ0) is 12.7. The maximum atomic E-state index is 12.0. The maximum Gasteiger partial charge on any atom is 0.239 e. The number of likely N-dealkylation sites (N-methyl/N-ethyl adjacent to an activating group) is 2. The second kappa shape index (κ2) is 7.55. The van der Waals surface area contributed by atoms with Crippen LogP contribution in [0.4, 0.5) is 0 Å². The summed E-state index contributed by atoms with van der Waals surface area (Å²) in [4.78, 5) is 24.8. The first-order chi connectivity index (χ1) is 8.17. The van der Waals surface area contributed by atoms with Gasteiger partial charge in [0.05, 0.1) is 6.54 Å². The van der Waals surface area contributed by atoms with Crippen LogP contribution in [0.2, 0.25) is 0 Å². The molecule has 0 bridgehead atoms. The highest BCUT2D eigenvalue weighted by Crippen LogP contribution is 2.11. The number of thioether (sulfide) groups is 1. The van der Waals surface area contributed by atoms with Crippen molar-refractivity contribution in [2.75, 3.05) is 38.2 Å². The highest BCUT2D eigenvalue weighted by Gasteiger charge is 2.21. The lowest BCUT2D eigenvalue weighted by atomic mass is 10.2. The van der Waals surface area contributed by atoms with Crippen molar-refractivity contribution in [3.8, 4) is 0 Å². The lowest BCUT2D eigenvalue weighted by Gasteiger charge is -2.26. The minimum absolute atomic E-state index is 0.0519. The van der Waals surface area contributed by atoms with Crippen molar-refractivity contribution >= 4 is 23.6 Å². The number of carbonyl (C=O) groups excluding carboxylic acids is 2. The first kappa shape index (κ1) is 14.3. The molecule has 1 saturated heterocycles. The molecule has 17 heavy (non-hydrogen) atoms. The largest absolute Gasteiger partial charge is 0.358 e. The summed E-state index contributed by atoms with van der Waals surface area (Å²) >= 11 is 1.87. The van der Waals surface area contributed by atoms with Gasteiger partial charge in [-0.15, -0.1) is 0 Å². The van der Waals surface area contributed by atoms with Crippen LogP contribution >= 0.6 is 11.8 Å². The summed E-state index contributed by atoms with van der Waals surface area (Å²) in [7, 11) is 1.58. The van der Waals surface area contributed by atoms with Gasteiger partial charge in [0.2, 0.25) is 11.8 Å². The molecule has 2 N–H and O–H groups in total. The monoisotopic (exact) mass is 259 g/mol. The van der Waals surface area contributed by atoms with Gasteiger partial charge in [-0.2, -0.15) is 11.8 Å². The molecule has 0 spiro atoms. The van der Waals surface area contributed by atoms with Crippen LogP contribution in [0.3, 0.4) is 0 Å². The van der Waals surface area contributed by atoms with E-state index < -0.39 is 0 Å². The van der Waals surface area contributed by atoms with Gasteiger partial charge in [0.1, 0.15) is 0 Å². The van der Waals surface area contributed by atoms with E-state index in [-0.39, 0.29) is 24.4 Å². The molecule has 0 radical (unpaired) electrons. The molecule has 1 aliphatic rings. The summed E-state index contributed by atoms with van der Waals surface area (Å²) in [5.74, 6) is 2.02. The molecule has 0 aliphatic carbocycles. The Morgan fingerprint density at radius 3 is 2.82 bits per heavy atom. The smallest absolute Gasteiger partial charge is 0.239 e. The van der Waals surface area contributed by atoms with Crippen LogP contribution < -0.4 is 10.6 Å². The van der Waals surface area contributed by atoms with E-state index in [2.05, 4.69) is 10.6 Å². The lowest BCUT2D eigenvalue weighted by molar-refractivity contribution is -0.136. The Morgan fingerprint density at radius 1 is 1.53 bits per heavy atom. The molecule has 0 aromatic heterocycles. The Balaban J connectivity index is 2.39. The molecule has 98 valence electrons. The van der Waals surface area contributed by atoms with Gasteiger partial charge in [-0.05, 0) is 6.92 Å². The van der Waals surface area contributed by atoms with Crippen molar-refractivity contribution in [1.82, 2.24) is 15.5 Å². The fourth-order valence-electron chi connectivity index (χ4n) is 1.72. The van der Waals surface area contributed by atoms with Crippen molar-refractivity contribution in [3.63, 3.8) is 0 Å². The van der Waals surface area contributed by atoms with Crippen molar-refractivity contribution in [2.24, 2.45) is 0 Å². The van der Waals surface area contributed by atoms with Gasteiger partial charge in [0.25, 0.3) is 0 Å². The van der Waals surface area contributed by atoms with Crippen molar-refractivity contribution in [1.29, 1.82) is 0 Å². The van der Waals surface area contributed by atoms with E-state index in [0.29, 0.717) is 13.0 Å². The van der Waals surface area contributed by atoms with Crippen molar-refractivity contribution in [3.05, 3.63) is 0 Å². The van der Waals surface area contributed by atoms with Crippen LogP contribution in [0.25, 0.3) is 0 Å². The molecule has 1 aliphatic heterocycles. The molecule has 1 fully saturated rings. The Bertz CT molecular complexity index is 267. The molecule has 5 nitrogen and oxygen atoms in total. The molecule has 0 saturated carbocycles. The van der Waals surface area contributed by atoms with Gasteiger partial charge in [-0.1, -0.05) is 0 Å². The Hall–Kier alpha value is -0.750. The average Bonchev–Trinajstić information content (AvgIpc) is 2.36. The molecule has 6 heteroatoms. The number of rotatable bonds is 5. The van der Waals surface area contributed by atoms with Crippen LogP contribution in [0.5, 0.6) is 0 Å². The Morgan fingerprint density at radius 2 is 2.29 bits per heavy atom. The third-order valence-corrected chi connectivity index (χ3v) is 3.90. The molecule has 1 heterocycles. The minimum Gasteiger partial charge on any atom is -0.358 e. The zero-order valence-electron chi connectivity index (χ0n) is 10.5. The summed E-state index contributed by atoms with van der Waals surface area (Å²) < 4.78 is 0. The molecule has 1 unspecified atom stereocenters. The van der Waals surface area contributed by atoms with Gasteiger partial charge >= 0.3 is 0 Å². The Labute approximate surface area is 107 Å². The van der Waals surface area contributed by atoms with E-state index in [1.54, 1.807) is 11.9 Å². The van der Waals surface area contributed by atoms with E-state index in [0.717, 1.165) is 18.1 Å². The zero-order valence-corrected chi connectivity index (χ0v) is 11.3. The molecule has 0 aromatic carbocycles. The van der Waals surface area contributed by atoms with Crippen LogP contribution in [0.15, 0.2) is 0 Å². The van der Waals surface area contributed by atoms with E-state index in [9.17, 15) is 9.59 Å². The number of amides is 2. The maximum absolute atomic E-state index is 12.0.